The van der Waals surface area contributed by atoms with E-state index in [4.69, 9.17) is 17.0 Å². The fourth-order valence-corrected chi connectivity index (χ4v) is 1.53. The summed E-state index contributed by atoms with van der Waals surface area (Å²) >= 11 is 4.86. The summed E-state index contributed by atoms with van der Waals surface area (Å²) in [6.07, 6.45) is 3.82. The van der Waals surface area contributed by atoms with Crippen LogP contribution in [0.1, 0.15) is 18.3 Å². The minimum absolute atomic E-state index is 0.455. The highest BCUT2D eigenvalue weighted by Gasteiger charge is 1.93. The maximum Gasteiger partial charge on any atom is 0.213 e. The van der Waals surface area contributed by atoms with Gasteiger partial charge in [-0.1, -0.05) is 18.2 Å². The van der Waals surface area contributed by atoms with Crippen LogP contribution in [0.2, 0.25) is 0 Å². The Balaban J connectivity index is 2.08. The quantitative estimate of drug-likeness (QED) is 0.816. The summed E-state index contributed by atoms with van der Waals surface area (Å²) in [7, 11) is 0. The van der Waals surface area contributed by atoms with Crippen molar-refractivity contribution >= 4 is 24.4 Å². The van der Waals surface area contributed by atoms with Gasteiger partial charge in [-0.15, -0.1) is 0 Å². The van der Waals surface area contributed by atoms with Gasteiger partial charge >= 0.3 is 0 Å². The van der Waals surface area contributed by atoms with E-state index in [1.807, 2.05) is 43.3 Å². The first-order valence-electron chi connectivity index (χ1n) is 5.33. The third-order valence-corrected chi connectivity index (χ3v) is 2.34. The van der Waals surface area contributed by atoms with Crippen molar-refractivity contribution in [1.82, 2.24) is 15.2 Å². The number of nitrogens with one attached hydrogen (secondary N) is 2. The topological polar surface area (TPSA) is 53.7 Å². The largest absolute Gasteiger partial charge is 0.494 e. The van der Waals surface area contributed by atoms with Gasteiger partial charge in [0.1, 0.15) is 11.6 Å². The molecule has 4 nitrogen and oxygen atoms in total. The summed E-state index contributed by atoms with van der Waals surface area (Å²) in [6.45, 7) is 2.65. The molecule has 0 aliphatic carbocycles. The number of hydrogen-bond donors (Lipinski definition) is 2. The number of rotatable bonds is 4. The summed E-state index contributed by atoms with van der Waals surface area (Å²) in [4.78, 5) is 4.06. The predicted molar refractivity (Wildman–Crippen MR) is 70.3 cm³/mol. The lowest BCUT2D eigenvalue weighted by molar-refractivity contribution is 0.340. The van der Waals surface area contributed by atoms with E-state index in [1.54, 1.807) is 0 Å². The average Bonchev–Trinajstić information content (AvgIpc) is 2.75. The van der Waals surface area contributed by atoms with E-state index in [1.165, 1.54) is 0 Å². The standard InChI is InChI=1S/C12H13N3OS/c1-2-16-10-6-3-9(4-7-10)5-8-11-13-12(17)15-14-11/h3-8H,2H2,1H3,(H2,13,14,15,17)/b8-5-. The summed E-state index contributed by atoms with van der Waals surface area (Å²) in [5, 5.41) is 5.59. The lowest BCUT2D eigenvalue weighted by atomic mass is 10.2. The van der Waals surface area contributed by atoms with Crippen molar-refractivity contribution in [1.29, 1.82) is 0 Å². The van der Waals surface area contributed by atoms with E-state index in [0.717, 1.165) is 11.3 Å². The zero-order valence-corrected chi connectivity index (χ0v) is 10.3. The van der Waals surface area contributed by atoms with E-state index in [-0.39, 0.29) is 0 Å². The van der Waals surface area contributed by atoms with E-state index in [2.05, 4.69) is 15.2 Å². The smallest absolute Gasteiger partial charge is 0.213 e. The molecule has 0 radical (unpaired) electrons. The molecule has 0 aliphatic rings. The number of ether oxygens (including phenoxy) is 1. The molecule has 2 rings (SSSR count). The highest BCUT2D eigenvalue weighted by Crippen LogP contribution is 2.13. The second-order valence-corrected chi connectivity index (χ2v) is 3.77. The van der Waals surface area contributed by atoms with Crippen LogP contribution in [0.15, 0.2) is 24.3 Å². The third kappa shape index (κ3) is 3.29. The maximum atomic E-state index is 5.37. The van der Waals surface area contributed by atoms with Gasteiger partial charge < -0.3 is 4.74 Å². The molecule has 1 aromatic heterocycles. The molecule has 0 aliphatic heterocycles. The van der Waals surface area contributed by atoms with Crippen LogP contribution in [-0.2, 0) is 0 Å². The number of hydrogen-bond acceptors (Lipinski definition) is 3. The van der Waals surface area contributed by atoms with Crippen molar-refractivity contribution in [2.24, 2.45) is 0 Å². The second-order valence-electron chi connectivity index (χ2n) is 3.39. The molecule has 0 fully saturated rings. The molecule has 0 spiro atoms. The fourth-order valence-electron chi connectivity index (χ4n) is 1.38. The van der Waals surface area contributed by atoms with Crippen molar-refractivity contribution in [3.8, 4) is 5.75 Å². The number of H-pyrrole nitrogens is 2. The SMILES string of the molecule is CCOc1ccc(/C=C\c2nc(=S)[nH][nH]2)cc1. The fraction of sp³-hybridized carbons (Fsp3) is 0.167. The normalized spacial score (nSPS) is 10.9. The van der Waals surface area contributed by atoms with Crippen LogP contribution < -0.4 is 4.74 Å². The van der Waals surface area contributed by atoms with Gasteiger partial charge in [-0.05, 0) is 42.9 Å². The van der Waals surface area contributed by atoms with Gasteiger partial charge in [0.2, 0.25) is 4.77 Å². The molecule has 0 bridgehead atoms. The zero-order chi connectivity index (χ0) is 12.1. The molecule has 5 heteroatoms. The number of benzene rings is 1. The van der Waals surface area contributed by atoms with Crippen molar-refractivity contribution in [3.63, 3.8) is 0 Å². The van der Waals surface area contributed by atoms with Crippen LogP contribution in [-0.4, -0.2) is 21.8 Å². The molecule has 0 unspecified atom stereocenters. The molecule has 0 atom stereocenters. The minimum Gasteiger partial charge on any atom is -0.494 e. The monoisotopic (exact) mass is 247 g/mol. The van der Waals surface area contributed by atoms with Crippen LogP contribution in [0, 0.1) is 4.77 Å². The maximum absolute atomic E-state index is 5.37. The molecule has 88 valence electrons. The summed E-state index contributed by atoms with van der Waals surface area (Å²) in [5.41, 5.74) is 1.08. The lowest BCUT2D eigenvalue weighted by Crippen LogP contribution is -1.90. The number of aromatic nitrogens is 3. The van der Waals surface area contributed by atoms with Gasteiger partial charge in [-0.3, -0.25) is 10.2 Å². The first kappa shape index (κ1) is 11.6. The highest BCUT2D eigenvalue weighted by atomic mass is 32.1. The molecule has 2 N–H and O–H groups in total. The van der Waals surface area contributed by atoms with Gasteiger partial charge in [-0.25, -0.2) is 4.98 Å². The van der Waals surface area contributed by atoms with Crippen LogP contribution in [0.4, 0.5) is 0 Å². The van der Waals surface area contributed by atoms with E-state index in [9.17, 15) is 0 Å². The molecule has 0 saturated carbocycles. The van der Waals surface area contributed by atoms with Crippen molar-refractivity contribution in [3.05, 3.63) is 40.4 Å². The Hall–Kier alpha value is -1.88. The summed E-state index contributed by atoms with van der Waals surface area (Å²) < 4.78 is 5.82. The molecule has 1 aromatic carbocycles. The first-order valence-corrected chi connectivity index (χ1v) is 5.74. The van der Waals surface area contributed by atoms with E-state index >= 15 is 0 Å². The van der Waals surface area contributed by atoms with Gasteiger partial charge in [0.05, 0.1) is 6.61 Å². The van der Waals surface area contributed by atoms with Crippen LogP contribution in [0.25, 0.3) is 12.2 Å². The van der Waals surface area contributed by atoms with E-state index < -0.39 is 0 Å². The van der Waals surface area contributed by atoms with Gasteiger partial charge in [0.25, 0.3) is 0 Å². The van der Waals surface area contributed by atoms with Gasteiger partial charge in [-0.2, -0.15) is 0 Å². The highest BCUT2D eigenvalue weighted by molar-refractivity contribution is 7.71. The Morgan fingerprint density at radius 2 is 2.00 bits per heavy atom. The Morgan fingerprint density at radius 1 is 1.24 bits per heavy atom. The van der Waals surface area contributed by atoms with Crippen molar-refractivity contribution in [2.45, 2.75) is 6.92 Å². The average molecular weight is 247 g/mol. The molecule has 0 amide bonds. The Bertz CT molecular complexity index is 554. The van der Waals surface area contributed by atoms with Crippen molar-refractivity contribution in [2.75, 3.05) is 6.61 Å². The minimum atomic E-state index is 0.455. The Kier molecular flexibility index (Phi) is 3.72. The van der Waals surface area contributed by atoms with Crippen molar-refractivity contribution < 1.29 is 4.74 Å². The second kappa shape index (κ2) is 5.45. The molecular weight excluding hydrogens is 234 g/mol. The lowest BCUT2D eigenvalue weighted by Gasteiger charge is -2.01. The Morgan fingerprint density at radius 3 is 2.59 bits per heavy atom. The molecule has 0 saturated heterocycles. The van der Waals surface area contributed by atoms with Gasteiger partial charge in [0, 0.05) is 0 Å². The zero-order valence-electron chi connectivity index (χ0n) is 9.43. The predicted octanol–water partition coefficient (Wildman–Crippen LogP) is 3.04. The van der Waals surface area contributed by atoms with E-state index in [0.29, 0.717) is 17.2 Å². The third-order valence-electron chi connectivity index (χ3n) is 2.14. The van der Waals surface area contributed by atoms with Crippen LogP contribution in [0.3, 0.4) is 0 Å². The molecule has 17 heavy (non-hydrogen) atoms. The molecule has 2 aromatic rings. The van der Waals surface area contributed by atoms with Gasteiger partial charge in [0.15, 0.2) is 0 Å². The summed E-state index contributed by atoms with van der Waals surface area (Å²) in [6, 6.07) is 7.86. The summed E-state index contributed by atoms with van der Waals surface area (Å²) in [5.74, 6) is 1.59. The number of nitrogens with zero attached hydrogens (tertiary/aromatic N) is 1. The molecular formula is C12H13N3OS. The first-order chi connectivity index (χ1) is 8.28. The number of aromatic amines is 2. The molecule has 1 heterocycles. The van der Waals surface area contributed by atoms with Crippen LogP contribution >= 0.6 is 12.2 Å². The Labute approximate surface area is 104 Å². The van der Waals surface area contributed by atoms with Crippen LogP contribution in [0.5, 0.6) is 5.75 Å².